The van der Waals surface area contributed by atoms with E-state index in [1.165, 1.54) is 4.90 Å². The van der Waals surface area contributed by atoms with Gasteiger partial charge in [-0.3, -0.25) is 14.5 Å². The van der Waals surface area contributed by atoms with Crippen molar-refractivity contribution >= 4 is 75.2 Å². The summed E-state index contributed by atoms with van der Waals surface area (Å²) in [6, 6.07) is 17.6. The molecule has 3 N–H and O–H groups in total. The number of amidine groups is 1. The van der Waals surface area contributed by atoms with Gasteiger partial charge in [-0.1, -0.05) is 64.8 Å². The summed E-state index contributed by atoms with van der Waals surface area (Å²) in [6.45, 7) is 8.41. The van der Waals surface area contributed by atoms with Gasteiger partial charge in [0, 0.05) is 41.4 Å². The molecule has 0 aliphatic rings. The van der Waals surface area contributed by atoms with Gasteiger partial charge >= 0.3 is 17.4 Å². The van der Waals surface area contributed by atoms with Crippen molar-refractivity contribution in [2.45, 2.75) is 76.7 Å². The van der Waals surface area contributed by atoms with Crippen molar-refractivity contribution in [2.75, 3.05) is 29.6 Å². The van der Waals surface area contributed by atoms with Crippen LogP contribution in [-0.2, 0) is 32.6 Å². The summed E-state index contributed by atoms with van der Waals surface area (Å²) in [5.74, 6) is 0.137. The zero-order valence-electron chi connectivity index (χ0n) is 32.1. The summed E-state index contributed by atoms with van der Waals surface area (Å²) in [6.07, 6.45) is 6.34. The smallest absolute Gasteiger partial charge is 0.435 e. The number of esters is 1. The highest BCUT2D eigenvalue weighted by Gasteiger charge is 2.25. The van der Waals surface area contributed by atoms with Gasteiger partial charge < -0.3 is 29.8 Å². The number of nitrogens with two attached hydrogens (primary N) is 1. The minimum absolute atomic E-state index is 0.0323. The molecule has 0 spiro atoms. The van der Waals surface area contributed by atoms with Crippen LogP contribution in [0.4, 0.5) is 21.1 Å². The lowest BCUT2D eigenvalue weighted by Crippen LogP contribution is -2.34. The standard InChI is InChI=1S/C39H49N7O7S2/c1-7-8-9-12-23-51-36(49)44-34(40)26-14-17-28(18-15-26)42-25-32-43-29-24-27(16-19-30(29)45(32)5)35(48)46(31-13-10-11-21-41-31)22-20-33(47)52-38(54-6)53-37(50)55-39(2,3)4/h10-11,13-19,21,24,38,42H,7-9,12,20,22-23,25H2,1-6H3,(H2,40,44,49). The third kappa shape index (κ3) is 13.3. The lowest BCUT2D eigenvalue weighted by Gasteiger charge is -2.22. The molecule has 4 rings (SSSR count). The number of pyridine rings is 1. The summed E-state index contributed by atoms with van der Waals surface area (Å²) < 4.78 is 17.4. The van der Waals surface area contributed by atoms with Gasteiger partial charge in [0.25, 0.3) is 11.5 Å². The van der Waals surface area contributed by atoms with Crippen molar-refractivity contribution in [2.24, 2.45) is 17.8 Å². The van der Waals surface area contributed by atoms with E-state index in [-0.39, 0.29) is 29.5 Å². The Morgan fingerprint density at radius 1 is 1.00 bits per heavy atom. The monoisotopic (exact) mass is 791 g/mol. The number of amides is 2. The van der Waals surface area contributed by atoms with Gasteiger partial charge in [0.1, 0.15) is 17.5 Å². The maximum absolute atomic E-state index is 13.9. The number of unbranched alkanes of at least 4 members (excludes halogenated alkanes) is 3. The highest BCUT2D eigenvalue weighted by molar-refractivity contribution is 8.14. The fourth-order valence-corrected chi connectivity index (χ4v) is 6.28. The lowest BCUT2D eigenvalue weighted by molar-refractivity contribution is -0.154. The first-order valence-corrected chi connectivity index (χ1v) is 20.0. The number of aryl methyl sites for hydroxylation is 1. The molecule has 0 radical (unpaired) electrons. The number of imidazole rings is 1. The fourth-order valence-electron chi connectivity index (χ4n) is 5.20. The topological polar surface area (TPSA) is 180 Å². The Bertz CT molecular complexity index is 1950. The molecule has 1 atom stereocenters. The number of carbonyl (C=O) groups excluding carboxylic acids is 4. The van der Waals surface area contributed by atoms with Crippen LogP contribution in [0.1, 0.15) is 81.5 Å². The zero-order chi connectivity index (χ0) is 40.0. The van der Waals surface area contributed by atoms with Crippen LogP contribution in [0.2, 0.25) is 0 Å². The number of ether oxygens (including phenoxy) is 3. The van der Waals surface area contributed by atoms with Gasteiger partial charge in [-0.05, 0) is 79.0 Å². The number of hydrogen-bond acceptors (Lipinski definition) is 12. The average molecular weight is 792 g/mol. The molecular formula is C39H49N7O7S2. The molecule has 2 heterocycles. The number of carbonyl (C=O) groups is 4. The second-order valence-corrected chi connectivity index (χ2v) is 16.0. The first-order chi connectivity index (χ1) is 26.3. The van der Waals surface area contributed by atoms with E-state index in [9.17, 15) is 19.2 Å². The van der Waals surface area contributed by atoms with E-state index in [4.69, 9.17) is 24.9 Å². The van der Waals surface area contributed by atoms with Crippen molar-refractivity contribution in [3.8, 4) is 0 Å². The van der Waals surface area contributed by atoms with Crippen molar-refractivity contribution in [3.63, 3.8) is 0 Å². The van der Waals surface area contributed by atoms with E-state index in [1.807, 2.05) is 50.6 Å². The minimum atomic E-state index is -1.12. The predicted octanol–water partition coefficient (Wildman–Crippen LogP) is 7.90. The Kier molecular flexibility index (Phi) is 15.9. The molecule has 16 heteroatoms. The number of rotatable bonds is 17. The van der Waals surface area contributed by atoms with E-state index < -0.39 is 23.0 Å². The van der Waals surface area contributed by atoms with E-state index in [0.29, 0.717) is 35.6 Å². The van der Waals surface area contributed by atoms with Gasteiger partial charge in [0.05, 0.1) is 30.6 Å². The van der Waals surface area contributed by atoms with Crippen LogP contribution < -0.4 is 16.0 Å². The SMILES string of the molecule is CCCCCCOC(=O)/N=C(/N)c1ccc(NCc2nc3cc(C(=O)N(CCC(=O)OC(OC(=O)SC(C)(C)C)SC)c4ccccn4)ccc3n2C)cc1. The number of nitrogens with one attached hydrogen (secondary N) is 1. The third-order valence-corrected chi connectivity index (χ3v) is 9.45. The molecule has 4 aromatic rings. The number of benzene rings is 2. The average Bonchev–Trinajstić information content (AvgIpc) is 3.47. The maximum Gasteiger partial charge on any atom is 0.435 e. The van der Waals surface area contributed by atoms with Gasteiger partial charge in [0.2, 0.25) is 0 Å². The lowest BCUT2D eigenvalue weighted by atomic mass is 10.1. The van der Waals surface area contributed by atoms with Crippen LogP contribution in [0.25, 0.3) is 11.0 Å². The predicted molar refractivity (Wildman–Crippen MR) is 218 cm³/mol. The van der Waals surface area contributed by atoms with Gasteiger partial charge in [-0.15, -0.1) is 0 Å². The van der Waals surface area contributed by atoms with Crippen LogP contribution >= 0.6 is 23.5 Å². The molecule has 0 fully saturated rings. The summed E-state index contributed by atoms with van der Waals surface area (Å²) in [5.41, 5.74) is 8.09. The normalized spacial score (nSPS) is 12.2. The number of aromatic nitrogens is 3. The van der Waals surface area contributed by atoms with E-state index in [0.717, 1.165) is 66.2 Å². The maximum atomic E-state index is 13.9. The Morgan fingerprint density at radius 3 is 2.42 bits per heavy atom. The summed E-state index contributed by atoms with van der Waals surface area (Å²) in [7, 11) is 1.89. The van der Waals surface area contributed by atoms with Crippen molar-refractivity contribution in [3.05, 3.63) is 83.8 Å². The zero-order valence-corrected chi connectivity index (χ0v) is 33.7. The number of aliphatic imine (C=N–C) groups is 1. The summed E-state index contributed by atoms with van der Waals surface area (Å²) in [4.78, 5) is 65.5. The molecule has 55 heavy (non-hydrogen) atoms. The van der Waals surface area contributed by atoms with Gasteiger partial charge in [-0.2, -0.15) is 4.99 Å². The van der Waals surface area contributed by atoms with E-state index in [2.05, 4.69) is 22.2 Å². The van der Waals surface area contributed by atoms with E-state index in [1.54, 1.807) is 54.9 Å². The second-order valence-electron chi connectivity index (χ2n) is 13.4. The molecule has 0 aliphatic heterocycles. The molecule has 2 amide bonds. The Morgan fingerprint density at radius 2 is 1.75 bits per heavy atom. The number of thioether (sulfide) groups is 2. The number of nitrogens with zero attached hydrogens (tertiary/aromatic N) is 5. The third-order valence-electron chi connectivity index (χ3n) is 8.00. The summed E-state index contributed by atoms with van der Waals surface area (Å²) in [5, 5.41) is 2.79. The molecule has 0 bridgehead atoms. The van der Waals surface area contributed by atoms with E-state index >= 15 is 0 Å². The van der Waals surface area contributed by atoms with Crippen LogP contribution in [0.5, 0.6) is 0 Å². The molecule has 2 aromatic carbocycles. The van der Waals surface area contributed by atoms with Gasteiger partial charge in [0.15, 0.2) is 0 Å². The molecule has 1 unspecified atom stereocenters. The highest BCUT2D eigenvalue weighted by Crippen LogP contribution is 2.27. The van der Waals surface area contributed by atoms with Crippen LogP contribution in [0, 0.1) is 0 Å². The molecule has 0 aliphatic carbocycles. The fraction of sp³-hybridized carbons (Fsp3) is 0.410. The quantitative estimate of drug-likeness (QED) is 0.0347. The van der Waals surface area contributed by atoms with Crippen LogP contribution in [-0.4, -0.2) is 73.4 Å². The van der Waals surface area contributed by atoms with Crippen molar-refractivity contribution in [1.82, 2.24) is 14.5 Å². The Hall–Kier alpha value is -5.09. The number of hydrogen-bond donors (Lipinski definition) is 2. The number of anilines is 2. The Labute approximate surface area is 330 Å². The molecule has 0 saturated carbocycles. The molecular weight excluding hydrogens is 743 g/mol. The highest BCUT2D eigenvalue weighted by atomic mass is 32.2. The minimum Gasteiger partial charge on any atom is -0.448 e. The summed E-state index contributed by atoms with van der Waals surface area (Å²) >= 11 is 2.07. The molecule has 14 nitrogen and oxygen atoms in total. The van der Waals surface area contributed by atoms with Crippen LogP contribution in [0.15, 0.2) is 71.9 Å². The molecule has 0 saturated heterocycles. The molecule has 2 aromatic heterocycles. The van der Waals surface area contributed by atoms with Crippen molar-refractivity contribution < 1.29 is 33.4 Å². The first-order valence-electron chi connectivity index (χ1n) is 17.9. The molecule has 294 valence electrons. The van der Waals surface area contributed by atoms with Gasteiger partial charge in [-0.25, -0.2) is 19.6 Å². The second kappa shape index (κ2) is 20.6. The largest absolute Gasteiger partial charge is 0.448 e. The number of fused-ring (bicyclic) bond motifs is 1. The van der Waals surface area contributed by atoms with Crippen LogP contribution in [0.3, 0.4) is 0 Å². The Balaban J connectivity index is 1.39. The van der Waals surface area contributed by atoms with Crippen molar-refractivity contribution in [1.29, 1.82) is 0 Å². The first kappa shape index (κ1) is 42.6.